The number of nitrogens with one attached hydrogen (secondary N) is 1. The Morgan fingerprint density at radius 1 is 1.07 bits per heavy atom. The zero-order valence-electron chi connectivity index (χ0n) is 6.25. The molecule has 9 heteroatoms. The third-order valence-electron chi connectivity index (χ3n) is 1.00. The lowest BCUT2D eigenvalue weighted by Gasteiger charge is -2.20. The van der Waals surface area contributed by atoms with E-state index in [1.807, 2.05) is 0 Å². The quantitative estimate of drug-likeness (QED) is 0.490. The van der Waals surface area contributed by atoms with Crippen LogP contribution in [-0.2, 0) is 14.4 Å². The molecule has 0 saturated heterocycles. The van der Waals surface area contributed by atoms with Crippen LogP contribution in [0.25, 0.3) is 0 Å². The number of alkyl halides is 3. The van der Waals surface area contributed by atoms with Crippen LogP contribution < -0.4 is 15.5 Å². The summed E-state index contributed by atoms with van der Waals surface area (Å²) >= 11 is 0. The van der Waals surface area contributed by atoms with Crippen molar-refractivity contribution >= 4 is 17.8 Å². The molecule has 0 aromatic rings. The highest BCUT2D eigenvalue weighted by Crippen LogP contribution is 2.14. The molecule has 0 bridgehead atoms. The van der Waals surface area contributed by atoms with Crippen LogP contribution in [0, 0.1) is 0 Å². The fourth-order valence-electron chi connectivity index (χ4n) is 0.427. The largest absolute Gasteiger partial charge is 0.547 e. The van der Waals surface area contributed by atoms with Crippen molar-refractivity contribution in [2.75, 3.05) is 0 Å². The molecule has 0 aromatic carbocycles. The summed E-state index contributed by atoms with van der Waals surface area (Å²) < 4.78 is 34.5. The highest BCUT2D eigenvalue weighted by molar-refractivity contribution is 5.99. The van der Waals surface area contributed by atoms with Crippen molar-refractivity contribution in [3.05, 3.63) is 0 Å². The van der Waals surface area contributed by atoms with E-state index in [2.05, 4.69) is 0 Å². The normalized spacial score (nSPS) is 11.1. The van der Waals surface area contributed by atoms with Crippen LogP contribution in [0.15, 0.2) is 0 Å². The summed E-state index contributed by atoms with van der Waals surface area (Å²) in [4.78, 5) is 29.8. The Balaban J connectivity index is 4.56. The molecule has 6 nitrogen and oxygen atoms in total. The highest BCUT2D eigenvalue weighted by Gasteiger charge is 2.40. The molecule has 0 aliphatic heterocycles. The van der Waals surface area contributed by atoms with E-state index in [9.17, 15) is 37.8 Å². The van der Waals surface area contributed by atoms with Crippen LogP contribution >= 0.6 is 0 Å². The lowest BCUT2D eigenvalue weighted by molar-refractivity contribution is -0.326. The Morgan fingerprint density at radius 3 is 1.64 bits per heavy atom. The number of aliphatic carboxylic acids is 2. The van der Waals surface area contributed by atoms with Crippen molar-refractivity contribution < 1.29 is 37.8 Å². The first-order chi connectivity index (χ1) is 6.16. The Labute approximate surface area is 74.3 Å². The minimum Gasteiger partial charge on any atom is -0.547 e. The molecule has 0 radical (unpaired) electrons. The van der Waals surface area contributed by atoms with Gasteiger partial charge in [-0.05, 0) is 0 Å². The van der Waals surface area contributed by atoms with Crippen molar-refractivity contribution in [1.29, 1.82) is 0 Å². The van der Waals surface area contributed by atoms with Crippen molar-refractivity contribution in [3.8, 4) is 0 Å². The SMILES string of the molecule is O=C([O-])C(NC(=O)C(F)(F)F)C(=O)[O-]. The van der Waals surface area contributed by atoms with Crippen LogP contribution in [0.1, 0.15) is 0 Å². The molecule has 1 N–H and O–H groups in total. The molecular formula is C5H2F3NO5-2. The first-order valence-corrected chi connectivity index (χ1v) is 2.95. The molecule has 0 unspecified atom stereocenters. The molecular weight excluding hydrogens is 211 g/mol. The third kappa shape index (κ3) is 3.29. The zero-order chi connectivity index (χ0) is 11.5. The van der Waals surface area contributed by atoms with E-state index in [1.54, 1.807) is 0 Å². The van der Waals surface area contributed by atoms with E-state index in [-0.39, 0.29) is 0 Å². The van der Waals surface area contributed by atoms with Crippen molar-refractivity contribution in [2.45, 2.75) is 12.2 Å². The van der Waals surface area contributed by atoms with Crippen molar-refractivity contribution in [2.24, 2.45) is 0 Å². The van der Waals surface area contributed by atoms with Crippen LogP contribution in [0.4, 0.5) is 13.2 Å². The van der Waals surface area contributed by atoms with Gasteiger partial charge in [0, 0.05) is 0 Å². The molecule has 0 fully saturated rings. The number of halogens is 3. The standard InChI is InChI=1S/C5H4F3NO5/c6-5(7,8)4(14)9-1(2(10)11)3(12)13/h1H,(H,9,14)(H,10,11)(H,12,13)/p-2. The monoisotopic (exact) mass is 213 g/mol. The Bertz CT molecular complexity index is 259. The summed E-state index contributed by atoms with van der Waals surface area (Å²) in [5.41, 5.74) is 0. The summed E-state index contributed by atoms with van der Waals surface area (Å²) in [5.74, 6) is -7.50. The topological polar surface area (TPSA) is 109 Å². The van der Waals surface area contributed by atoms with Crippen molar-refractivity contribution in [3.63, 3.8) is 0 Å². The molecule has 0 saturated carbocycles. The van der Waals surface area contributed by atoms with Gasteiger partial charge in [-0.3, -0.25) is 4.79 Å². The highest BCUT2D eigenvalue weighted by atomic mass is 19.4. The Hall–Kier alpha value is -1.80. The fraction of sp³-hybridized carbons (Fsp3) is 0.400. The second-order valence-corrected chi connectivity index (χ2v) is 2.04. The van der Waals surface area contributed by atoms with Gasteiger partial charge in [-0.1, -0.05) is 0 Å². The van der Waals surface area contributed by atoms with Crippen molar-refractivity contribution in [1.82, 2.24) is 5.32 Å². The van der Waals surface area contributed by atoms with E-state index in [0.29, 0.717) is 5.32 Å². The van der Waals surface area contributed by atoms with Gasteiger partial charge >= 0.3 is 12.1 Å². The summed E-state index contributed by atoms with van der Waals surface area (Å²) in [6, 6.07) is -2.83. The molecule has 0 heterocycles. The maximum atomic E-state index is 11.5. The Morgan fingerprint density at radius 2 is 1.43 bits per heavy atom. The van der Waals surface area contributed by atoms with Gasteiger partial charge in [0.2, 0.25) is 0 Å². The minimum absolute atomic E-state index is 0.668. The molecule has 0 spiro atoms. The first kappa shape index (κ1) is 12.2. The van der Waals surface area contributed by atoms with Gasteiger partial charge in [0.1, 0.15) is 6.04 Å². The minimum atomic E-state index is -5.37. The molecule has 0 aromatic heterocycles. The van der Waals surface area contributed by atoms with Gasteiger partial charge in [-0.25, -0.2) is 0 Å². The van der Waals surface area contributed by atoms with Gasteiger partial charge in [-0.2, -0.15) is 13.2 Å². The lowest BCUT2D eigenvalue weighted by atomic mass is 10.3. The van der Waals surface area contributed by atoms with E-state index in [0.717, 1.165) is 0 Å². The predicted octanol–water partition coefficient (Wildman–Crippen LogP) is -3.47. The van der Waals surface area contributed by atoms with Crippen LogP contribution in [0.5, 0.6) is 0 Å². The number of carboxylic acid groups (broad SMARTS) is 2. The number of amides is 1. The van der Waals surface area contributed by atoms with E-state index >= 15 is 0 Å². The predicted molar refractivity (Wildman–Crippen MR) is 28.0 cm³/mol. The van der Waals surface area contributed by atoms with Gasteiger partial charge in [-0.15, -0.1) is 0 Å². The van der Waals surface area contributed by atoms with Gasteiger partial charge in [0.25, 0.3) is 0 Å². The first-order valence-electron chi connectivity index (χ1n) is 2.95. The van der Waals surface area contributed by atoms with Crippen LogP contribution in [0.3, 0.4) is 0 Å². The summed E-state index contributed by atoms with van der Waals surface area (Å²) in [5, 5.41) is 20.4. The molecule has 0 rings (SSSR count). The summed E-state index contributed by atoms with van der Waals surface area (Å²) in [7, 11) is 0. The number of carboxylic acids is 2. The van der Waals surface area contributed by atoms with Gasteiger partial charge in [0.05, 0.1) is 11.9 Å². The maximum Gasteiger partial charge on any atom is 0.471 e. The average Bonchev–Trinajstić information content (AvgIpc) is 1.96. The van der Waals surface area contributed by atoms with E-state index in [1.165, 1.54) is 0 Å². The Kier molecular flexibility index (Phi) is 3.43. The van der Waals surface area contributed by atoms with Gasteiger partial charge < -0.3 is 25.1 Å². The lowest BCUT2D eigenvalue weighted by Crippen LogP contribution is -2.59. The van der Waals surface area contributed by atoms with E-state index < -0.39 is 30.1 Å². The number of rotatable bonds is 3. The number of hydrogen-bond acceptors (Lipinski definition) is 5. The molecule has 14 heavy (non-hydrogen) atoms. The number of carbonyl (C=O) groups is 3. The average molecular weight is 213 g/mol. The number of carbonyl (C=O) groups excluding carboxylic acids is 3. The second-order valence-electron chi connectivity index (χ2n) is 2.04. The summed E-state index contributed by atoms with van der Waals surface area (Å²) in [6.45, 7) is 0. The molecule has 0 atom stereocenters. The molecule has 80 valence electrons. The molecule has 0 aliphatic carbocycles. The second kappa shape index (κ2) is 3.94. The molecule has 1 amide bonds. The van der Waals surface area contributed by atoms with Crippen LogP contribution in [-0.4, -0.2) is 30.1 Å². The smallest absolute Gasteiger partial charge is 0.471 e. The molecule has 0 aliphatic rings. The fourth-order valence-corrected chi connectivity index (χ4v) is 0.427. The summed E-state index contributed by atoms with van der Waals surface area (Å²) in [6.07, 6.45) is -5.37. The van der Waals surface area contributed by atoms with E-state index in [4.69, 9.17) is 0 Å². The third-order valence-corrected chi connectivity index (χ3v) is 1.00. The maximum absolute atomic E-state index is 11.5. The van der Waals surface area contributed by atoms with Crippen LogP contribution in [0.2, 0.25) is 0 Å². The number of hydrogen-bond donors (Lipinski definition) is 1. The van der Waals surface area contributed by atoms with Gasteiger partial charge in [0.15, 0.2) is 0 Å². The zero-order valence-corrected chi connectivity index (χ0v) is 6.25.